The van der Waals surface area contributed by atoms with Gasteiger partial charge in [-0.1, -0.05) is 36.8 Å². The fraction of sp³-hybridized carbons (Fsp3) is 0.632. The van der Waals surface area contributed by atoms with Crippen molar-refractivity contribution < 1.29 is 4.74 Å². The molecule has 2 N–H and O–H groups in total. The molecule has 0 saturated heterocycles. The Morgan fingerprint density at radius 2 is 1.88 bits per heavy atom. The van der Waals surface area contributed by atoms with Crippen molar-refractivity contribution >= 4 is 29.9 Å². The van der Waals surface area contributed by atoms with Crippen LogP contribution in [0.25, 0.3) is 0 Å². The van der Waals surface area contributed by atoms with E-state index in [0.717, 1.165) is 45.3 Å². The van der Waals surface area contributed by atoms with Crippen molar-refractivity contribution in [2.75, 3.05) is 53.5 Å². The van der Waals surface area contributed by atoms with Gasteiger partial charge in [-0.15, -0.1) is 24.0 Å². The number of halogens is 1. The van der Waals surface area contributed by atoms with Gasteiger partial charge in [0.25, 0.3) is 0 Å². The summed E-state index contributed by atoms with van der Waals surface area (Å²) in [5, 5.41) is 6.71. The maximum atomic E-state index is 5.09. The molecule has 0 fully saturated rings. The van der Waals surface area contributed by atoms with Crippen LogP contribution >= 0.6 is 24.0 Å². The van der Waals surface area contributed by atoms with Gasteiger partial charge in [0.1, 0.15) is 0 Å². The van der Waals surface area contributed by atoms with E-state index in [2.05, 4.69) is 67.6 Å². The standard InChI is InChI=1S/C19H34N4O.HI/c1-6-20-19(21-11-12-23(4)13-14-24-5)22-15-17(3)18-9-7-16(2)8-10-18;/h7-10,17H,6,11-15H2,1-5H3,(H2,20,21,22);1H. The highest BCUT2D eigenvalue weighted by Gasteiger charge is 2.06. The number of likely N-dealkylation sites (N-methyl/N-ethyl adjacent to an activating group) is 1. The van der Waals surface area contributed by atoms with E-state index in [-0.39, 0.29) is 24.0 Å². The molecule has 0 aliphatic carbocycles. The fourth-order valence-electron chi connectivity index (χ4n) is 2.29. The second-order valence-electron chi connectivity index (χ2n) is 6.25. The van der Waals surface area contributed by atoms with Crippen molar-refractivity contribution in [3.63, 3.8) is 0 Å². The predicted octanol–water partition coefficient (Wildman–Crippen LogP) is 2.85. The van der Waals surface area contributed by atoms with Gasteiger partial charge in [0, 0.05) is 45.8 Å². The minimum Gasteiger partial charge on any atom is -0.383 e. The first kappa shape index (κ1) is 24.1. The Morgan fingerprint density at radius 3 is 2.48 bits per heavy atom. The minimum atomic E-state index is 0. The average molecular weight is 462 g/mol. The number of hydrogen-bond donors (Lipinski definition) is 2. The molecule has 0 bridgehead atoms. The van der Waals surface area contributed by atoms with Crippen LogP contribution in [0.4, 0.5) is 0 Å². The van der Waals surface area contributed by atoms with Crippen molar-refractivity contribution in [3.05, 3.63) is 35.4 Å². The Morgan fingerprint density at radius 1 is 1.20 bits per heavy atom. The summed E-state index contributed by atoms with van der Waals surface area (Å²) in [4.78, 5) is 6.97. The largest absolute Gasteiger partial charge is 0.383 e. The number of guanidine groups is 1. The first-order valence-electron chi connectivity index (χ1n) is 8.83. The zero-order valence-corrected chi connectivity index (χ0v) is 18.7. The molecule has 25 heavy (non-hydrogen) atoms. The van der Waals surface area contributed by atoms with Gasteiger partial charge in [0.15, 0.2) is 5.96 Å². The van der Waals surface area contributed by atoms with Gasteiger partial charge in [0.05, 0.1) is 6.61 Å². The second kappa shape index (κ2) is 14.3. The highest BCUT2D eigenvalue weighted by atomic mass is 127. The Balaban J connectivity index is 0.00000576. The van der Waals surface area contributed by atoms with Gasteiger partial charge in [-0.25, -0.2) is 0 Å². The molecule has 1 aromatic rings. The minimum absolute atomic E-state index is 0. The molecule has 0 amide bonds. The maximum Gasteiger partial charge on any atom is 0.191 e. The molecular formula is C19H35IN4O. The van der Waals surface area contributed by atoms with E-state index in [1.165, 1.54) is 11.1 Å². The van der Waals surface area contributed by atoms with Crippen molar-refractivity contribution in [2.24, 2.45) is 4.99 Å². The van der Waals surface area contributed by atoms with Crippen LogP contribution in [0.15, 0.2) is 29.3 Å². The van der Waals surface area contributed by atoms with E-state index < -0.39 is 0 Å². The van der Waals surface area contributed by atoms with Gasteiger partial charge in [0.2, 0.25) is 0 Å². The molecule has 1 unspecified atom stereocenters. The number of nitrogens with zero attached hydrogens (tertiary/aromatic N) is 2. The number of aryl methyl sites for hydroxylation is 1. The van der Waals surface area contributed by atoms with Crippen LogP contribution in [-0.2, 0) is 4.74 Å². The maximum absolute atomic E-state index is 5.09. The molecule has 0 radical (unpaired) electrons. The van der Waals surface area contributed by atoms with Gasteiger partial charge >= 0.3 is 0 Å². The van der Waals surface area contributed by atoms with Crippen LogP contribution in [0.1, 0.15) is 30.9 Å². The van der Waals surface area contributed by atoms with Crippen LogP contribution in [0.3, 0.4) is 0 Å². The molecule has 6 heteroatoms. The van der Waals surface area contributed by atoms with Crippen LogP contribution in [0.2, 0.25) is 0 Å². The Labute approximate surface area is 170 Å². The number of benzene rings is 1. The quantitative estimate of drug-likeness (QED) is 0.319. The lowest BCUT2D eigenvalue weighted by molar-refractivity contribution is 0.162. The summed E-state index contributed by atoms with van der Waals surface area (Å²) >= 11 is 0. The topological polar surface area (TPSA) is 48.9 Å². The van der Waals surface area contributed by atoms with Gasteiger partial charge in [-0.05, 0) is 26.5 Å². The van der Waals surface area contributed by atoms with E-state index in [0.29, 0.717) is 5.92 Å². The number of hydrogen-bond acceptors (Lipinski definition) is 3. The molecule has 5 nitrogen and oxygen atoms in total. The van der Waals surface area contributed by atoms with Crippen molar-refractivity contribution in [3.8, 4) is 0 Å². The van der Waals surface area contributed by atoms with Crippen molar-refractivity contribution in [1.29, 1.82) is 0 Å². The summed E-state index contributed by atoms with van der Waals surface area (Å²) < 4.78 is 5.09. The van der Waals surface area contributed by atoms with Gasteiger partial charge in [-0.3, -0.25) is 4.99 Å². The smallest absolute Gasteiger partial charge is 0.191 e. The third kappa shape index (κ3) is 10.7. The number of rotatable bonds is 10. The van der Waals surface area contributed by atoms with E-state index in [1.54, 1.807) is 7.11 Å². The van der Waals surface area contributed by atoms with Crippen molar-refractivity contribution in [2.45, 2.75) is 26.7 Å². The molecule has 0 aliphatic rings. The summed E-state index contributed by atoms with van der Waals surface area (Å²) in [6, 6.07) is 8.71. The lowest BCUT2D eigenvalue weighted by Gasteiger charge is -2.18. The first-order chi connectivity index (χ1) is 11.6. The molecule has 1 aromatic carbocycles. The number of aliphatic imine (C=N–C) groups is 1. The summed E-state index contributed by atoms with van der Waals surface area (Å²) in [5.74, 6) is 1.29. The molecule has 0 heterocycles. The molecule has 0 aliphatic heterocycles. The molecule has 0 aromatic heterocycles. The SMILES string of the molecule is CCNC(=NCC(C)c1ccc(C)cc1)NCCN(C)CCOC.I. The number of methoxy groups -OCH3 is 1. The van der Waals surface area contributed by atoms with Gasteiger partial charge < -0.3 is 20.3 Å². The molecular weight excluding hydrogens is 427 g/mol. The zero-order valence-electron chi connectivity index (χ0n) is 16.3. The third-order valence-corrected chi connectivity index (χ3v) is 3.98. The first-order valence-corrected chi connectivity index (χ1v) is 8.83. The normalized spacial score (nSPS) is 12.6. The highest BCUT2D eigenvalue weighted by molar-refractivity contribution is 14.0. The van der Waals surface area contributed by atoms with Crippen LogP contribution in [-0.4, -0.2) is 64.3 Å². The zero-order chi connectivity index (χ0) is 17.8. The Hall–Kier alpha value is -0.860. The van der Waals surface area contributed by atoms with E-state index >= 15 is 0 Å². The van der Waals surface area contributed by atoms with Crippen LogP contribution in [0.5, 0.6) is 0 Å². The highest BCUT2D eigenvalue weighted by Crippen LogP contribution is 2.15. The Bertz CT molecular complexity index is 479. The van der Waals surface area contributed by atoms with E-state index in [1.807, 2.05) is 0 Å². The lowest BCUT2D eigenvalue weighted by atomic mass is 10.0. The third-order valence-electron chi connectivity index (χ3n) is 3.98. The summed E-state index contributed by atoms with van der Waals surface area (Å²) in [6.07, 6.45) is 0. The molecule has 1 atom stereocenters. The predicted molar refractivity (Wildman–Crippen MR) is 118 cm³/mol. The fourth-order valence-corrected chi connectivity index (χ4v) is 2.29. The molecule has 0 spiro atoms. The van der Waals surface area contributed by atoms with E-state index in [9.17, 15) is 0 Å². The molecule has 1 rings (SSSR count). The monoisotopic (exact) mass is 462 g/mol. The Kier molecular flexibility index (Phi) is 13.8. The van der Waals surface area contributed by atoms with E-state index in [4.69, 9.17) is 9.73 Å². The summed E-state index contributed by atoms with van der Waals surface area (Å²) in [6.45, 7) is 11.6. The number of nitrogens with one attached hydrogen (secondary N) is 2. The number of ether oxygens (including phenoxy) is 1. The second-order valence-corrected chi connectivity index (χ2v) is 6.25. The lowest BCUT2D eigenvalue weighted by Crippen LogP contribution is -2.41. The van der Waals surface area contributed by atoms with Crippen LogP contribution < -0.4 is 10.6 Å². The average Bonchev–Trinajstić information content (AvgIpc) is 2.58. The molecule has 144 valence electrons. The summed E-state index contributed by atoms with van der Waals surface area (Å²) in [5.41, 5.74) is 2.63. The van der Waals surface area contributed by atoms with Crippen molar-refractivity contribution in [1.82, 2.24) is 15.5 Å². The molecule has 0 saturated carbocycles. The van der Waals surface area contributed by atoms with Gasteiger partial charge in [-0.2, -0.15) is 0 Å². The summed E-state index contributed by atoms with van der Waals surface area (Å²) in [7, 11) is 3.83. The van der Waals surface area contributed by atoms with Crippen LogP contribution in [0, 0.1) is 6.92 Å².